The van der Waals surface area contributed by atoms with Gasteiger partial charge in [-0.15, -0.1) is 0 Å². The number of carbonyl (C=O) groups excluding carboxylic acids is 2. The molecule has 170 valence electrons. The summed E-state index contributed by atoms with van der Waals surface area (Å²) in [6, 6.07) is 13.3. The van der Waals surface area contributed by atoms with Crippen LogP contribution in [0.3, 0.4) is 0 Å². The molecule has 0 atom stereocenters. The number of amides is 2. The number of hydrogen-bond donors (Lipinski definition) is 1. The Bertz CT molecular complexity index is 912. The number of aromatic nitrogens is 1. The Kier molecular flexibility index (Phi) is 7.87. The number of piperidine rings is 1. The molecule has 7 heteroatoms. The van der Waals surface area contributed by atoms with E-state index in [-0.39, 0.29) is 18.0 Å². The molecule has 0 aliphatic carbocycles. The molecule has 1 aliphatic heterocycles. The maximum absolute atomic E-state index is 12.3. The SMILES string of the molecule is CC(C)(C)OC(=O)N1CCC(NC(=O)/C=C/c2ccc(OCc3ccccn3)cc2)CC1. The molecule has 1 aromatic carbocycles. The van der Waals surface area contributed by atoms with Crippen LogP contribution in [-0.2, 0) is 16.1 Å². The van der Waals surface area contributed by atoms with Crippen molar-refractivity contribution in [3.63, 3.8) is 0 Å². The lowest BCUT2D eigenvalue weighted by molar-refractivity contribution is -0.117. The van der Waals surface area contributed by atoms with Gasteiger partial charge in [-0.3, -0.25) is 9.78 Å². The molecule has 1 saturated heterocycles. The van der Waals surface area contributed by atoms with Crippen molar-refractivity contribution >= 4 is 18.1 Å². The third-order valence-corrected chi connectivity index (χ3v) is 4.91. The summed E-state index contributed by atoms with van der Waals surface area (Å²) in [7, 11) is 0. The summed E-state index contributed by atoms with van der Waals surface area (Å²) in [6.45, 7) is 7.12. The molecule has 0 spiro atoms. The van der Waals surface area contributed by atoms with Gasteiger partial charge in [0, 0.05) is 31.4 Å². The fourth-order valence-corrected chi connectivity index (χ4v) is 3.27. The molecule has 1 aliphatic rings. The smallest absolute Gasteiger partial charge is 0.410 e. The third kappa shape index (κ3) is 7.72. The van der Waals surface area contributed by atoms with E-state index in [2.05, 4.69) is 10.3 Å². The number of carbonyl (C=O) groups is 2. The highest BCUT2D eigenvalue weighted by molar-refractivity contribution is 5.91. The van der Waals surface area contributed by atoms with Crippen LogP contribution < -0.4 is 10.1 Å². The molecule has 0 saturated carbocycles. The Morgan fingerprint density at radius 1 is 1.12 bits per heavy atom. The lowest BCUT2D eigenvalue weighted by Crippen LogP contribution is -2.47. The van der Waals surface area contributed by atoms with Crippen molar-refractivity contribution in [2.75, 3.05) is 13.1 Å². The van der Waals surface area contributed by atoms with Crippen LogP contribution in [0.5, 0.6) is 5.75 Å². The number of nitrogens with one attached hydrogen (secondary N) is 1. The number of pyridine rings is 1. The van der Waals surface area contributed by atoms with E-state index in [1.165, 1.54) is 6.08 Å². The number of nitrogens with zero attached hydrogens (tertiary/aromatic N) is 2. The van der Waals surface area contributed by atoms with Crippen LogP contribution in [0.25, 0.3) is 6.08 Å². The number of ether oxygens (including phenoxy) is 2. The average molecular weight is 438 g/mol. The summed E-state index contributed by atoms with van der Waals surface area (Å²) in [5.41, 5.74) is 1.27. The first-order chi connectivity index (χ1) is 15.3. The summed E-state index contributed by atoms with van der Waals surface area (Å²) >= 11 is 0. The first-order valence-electron chi connectivity index (χ1n) is 10.9. The fourth-order valence-electron chi connectivity index (χ4n) is 3.27. The van der Waals surface area contributed by atoms with Gasteiger partial charge in [0.25, 0.3) is 0 Å². The highest BCUT2D eigenvalue weighted by Crippen LogP contribution is 2.16. The molecule has 3 rings (SSSR count). The van der Waals surface area contributed by atoms with Gasteiger partial charge in [-0.1, -0.05) is 18.2 Å². The van der Waals surface area contributed by atoms with Gasteiger partial charge in [-0.2, -0.15) is 0 Å². The fraction of sp³-hybridized carbons (Fsp3) is 0.400. The second kappa shape index (κ2) is 10.8. The van der Waals surface area contributed by atoms with Gasteiger partial charge in [0.05, 0.1) is 5.69 Å². The van der Waals surface area contributed by atoms with Gasteiger partial charge < -0.3 is 19.7 Å². The Balaban J connectivity index is 1.40. The van der Waals surface area contributed by atoms with Crippen LogP contribution in [0.4, 0.5) is 4.79 Å². The summed E-state index contributed by atoms with van der Waals surface area (Å²) < 4.78 is 11.1. The van der Waals surface area contributed by atoms with Gasteiger partial charge in [0.1, 0.15) is 18.0 Å². The first-order valence-corrected chi connectivity index (χ1v) is 10.9. The van der Waals surface area contributed by atoms with Crippen molar-refractivity contribution in [1.29, 1.82) is 0 Å². The molecule has 1 aromatic heterocycles. The van der Waals surface area contributed by atoms with E-state index in [4.69, 9.17) is 9.47 Å². The molecule has 0 radical (unpaired) electrons. The van der Waals surface area contributed by atoms with Crippen LogP contribution in [0, 0.1) is 0 Å². The Hall–Kier alpha value is -3.35. The molecule has 1 N–H and O–H groups in total. The molecule has 32 heavy (non-hydrogen) atoms. The van der Waals surface area contributed by atoms with Crippen molar-refractivity contribution in [2.45, 2.75) is 51.9 Å². The summed E-state index contributed by atoms with van der Waals surface area (Å²) in [4.78, 5) is 30.3. The summed E-state index contributed by atoms with van der Waals surface area (Å²) in [5.74, 6) is 0.602. The maximum atomic E-state index is 12.3. The molecule has 0 bridgehead atoms. The normalized spacial score (nSPS) is 14.9. The zero-order valence-corrected chi connectivity index (χ0v) is 18.9. The van der Waals surface area contributed by atoms with Crippen molar-refractivity contribution in [1.82, 2.24) is 15.2 Å². The highest BCUT2D eigenvalue weighted by Gasteiger charge is 2.27. The van der Waals surface area contributed by atoms with Crippen molar-refractivity contribution in [2.24, 2.45) is 0 Å². The van der Waals surface area contributed by atoms with Gasteiger partial charge in [-0.25, -0.2) is 4.79 Å². The van der Waals surface area contributed by atoms with Gasteiger partial charge in [0.2, 0.25) is 5.91 Å². The molecule has 2 amide bonds. The minimum Gasteiger partial charge on any atom is -0.487 e. The lowest BCUT2D eigenvalue weighted by Gasteiger charge is -2.33. The van der Waals surface area contributed by atoms with Crippen LogP contribution in [0.2, 0.25) is 0 Å². The maximum Gasteiger partial charge on any atom is 0.410 e. The number of likely N-dealkylation sites (tertiary alicyclic amines) is 1. The molecule has 1 fully saturated rings. The molecule has 2 aromatic rings. The summed E-state index contributed by atoms with van der Waals surface area (Å²) in [6.07, 6.45) is 6.16. The third-order valence-electron chi connectivity index (χ3n) is 4.91. The van der Waals surface area contributed by atoms with E-state index in [0.717, 1.165) is 17.0 Å². The van der Waals surface area contributed by atoms with Gasteiger partial charge in [-0.05, 0) is 69.5 Å². The van der Waals surface area contributed by atoms with E-state index in [0.29, 0.717) is 32.5 Å². The minimum absolute atomic E-state index is 0.0493. The topological polar surface area (TPSA) is 80.8 Å². The predicted octanol–water partition coefficient (Wildman–Crippen LogP) is 4.19. The molecule has 0 unspecified atom stereocenters. The van der Waals surface area contributed by atoms with Crippen molar-refractivity contribution < 1.29 is 19.1 Å². The lowest BCUT2D eigenvalue weighted by atomic mass is 10.1. The van der Waals surface area contributed by atoms with Gasteiger partial charge >= 0.3 is 6.09 Å². The van der Waals surface area contributed by atoms with Crippen LogP contribution in [0.1, 0.15) is 44.9 Å². The number of benzene rings is 1. The van der Waals surface area contributed by atoms with Gasteiger partial charge in [0.15, 0.2) is 0 Å². The Labute approximate surface area is 189 Å². The van der Waals surface area contributed by atoms with E-state index >= 15 is 0 Å². The number of hydrogen-bond acceptors (Lipinski definition) is 5. The Morgan fingerprint density at radius 3 is 2.47 bits per heavy atom. The van der Waals surface area contributed by atoms with Crippen LogP contribution in [-0.4, -0.2) is 46.6 Å². The quantitative estimate of drug-likeness (QED) is 0.686. The zero-order valence-electron chi connectivity index (χ0n) is 18.9. The Morgan fingerprint density at radius 2 is 1.84 bits per heavy atom. The minimum atomic E-state index is -0.504. The van der Waals surface area contributed by atoms with Crippen LogP contribution >= 0.6 is 0 Å². The summed E-state index contributed by atoms with van der Waals surface area (Å²) in [5, 5.41) is 3.01. The number of rotatable bonds is 6. The first kappa shape index (κ1) is 23.3. The average Bonchev–Trinajstić information content (AvgIpc) is 2.77. The molecular weight excluding hydrogens is 406 g/mol. The van der Waals surface area contributed by atoms with E-state index in [9.17, 15) is 9.59 Å². The molecule has 7 nitrogen and oxygen atoms in total. The van der Waals surface area contributed by atoms with Crippen molar-refractivity contribution in [3.05, 3.63) is 66.0 Å². The second-order valence-corrected chi connectivity index (χ2v) is 8.76. The van der Waals surface area contributed by atoms with Crippen molar-refractivity contribution in [3.8, 4) is 5.75 Å². The van der Waals surface area contributed by atoms with E-state index in [1.807, 2.05) is 63.2 Å². The van der Waals surface area contributed by atoms with E-state index < -0.39 is 5.60 Å². The second-order valence-electron chi connectivity index (χ2n) is 8.76. The van der Waals surface area contributed by atoms with E-state index in [1.54, 1.807) is 17.2 Å². The standard InChI is InChI=1S/C25H31N3O4/c1-25(2,3)32-24(30)28-16-13-20(14-17-28)27-23(29)12-9-19-7-10-22(11-8-19)31-18-21-6-4-5-15-26-21/h4-12,15,20H,13-14,16-18H2,1-3H3,(H,27,29)/b12-9+. The largest absolute Gasteiger partial charge is 0.487 e. The zero-order chi connectivity index (χ0) is 23.0. The monoisotopic (exact) mass is 437 g/mol. The highest BCUT2D eigenvalue weighted by atomic mass is 16.6. The predicted molar refractivity (Wildman–Crippen MR) is 123 cm³/mol. The van der Waals surface area contributed by atoms with Crippen LogP contribution in [0.15, 0.2) is 54.7 Å². The molecular formula is C25H31N3O4. The molecule has 2 heterocycles.